The van der Waals surface area contributed by atoms with Crippen LogP contribution in [-0.2, 0) is 16.1 Å². The molecule has 15 heavy (non-hydrogen) atoms. The molecule has 1 heterocycles. The van der Waals surface area contributed by atoms with E-state index in [4.69, 9.17) is 4.74 Å². The van der Waals surface area contributed by atoms with E-state index in [-0.39, 0.29) is 12.4 Å². The highest BCUT2D eigenvalue weighted by molar-refractivity contribution is 5.84. The van der Waals surface area contributed by atoms with E-state index >= 15 is 0 Å². The Morgan fingerprint density at radius 1 is 1.33 bits per heavy atom. The normalized spacial score (nSPS) is 10.7. The van der Waals surface area contributed by atoms with Crippen molar-refractivity contribution in [2.24, 2.45) is 0 Å². The summed E-state index contributed by atoms with van der Waals surface area (Å²) in [5.74, 6) is 0.0823. The summed E-state index contributed by atoms with van der Waals surface area (Å²) >= 11 is 0. The minimum atomic E-state index is 0.0823. The van der Waals surface area contributed by atoms with Gasteiger partial charge in [-0.25, -0.2) is 0 Å². The lowest BCUT2D eigenvalue weighted by Gasteiger charge is -2.03. The van der Waals surface area contributed by atoms with Gasteiger partial charge in [0.05, 0.1) is 6.54 Å². The Labute approximate surface area is 88.3 Å². The predicted octanol–water partition coefficient (Wildman–Crippen LogP) is 1.86. The average molecular weight is 203 g/mol. The highest BCUT2D eigenvalue weighted by atomic mass is 16.5. The molecule has 0 saturated carbocycles. The smallest absolute Gasteiger partial charge is 0.178 e. The molecule has 0 aliphatic carbocycles. The summed E-state index contributed by atoms with van der Waals surface area (Å²) in [7, 11) is 1.53. The summed E-state index contributed by atoms with van der Waals surface area (Å²) in [5, 5.41) is 1.16. The van der Waals surface area contributed by atoms with Crippen LogP contribution < -0.4 is 0 Å². The van der Waals surface area contributed by atoms with Gasteiger partial charge in [0, 0.05) is 18.8 Å². The van der Waals surface area contributed by atoms with Crippen LogP contribution in [0, 0.1) is 0 Å². The first-order valence-corrected chi connectivity index (χ1v) is 4.86. The van der Waals surface area contributed by atoms with E-state index < -0.39 is 0 Å². The molecule has 0 radical (unpaired) electrons. The Morgan fingerprint density at radius 3 is 2.93 bits per heavy atom. The zero-order valence-corrected chi connectivity index (χ0v) is 8.64. The molecule has 3 heteroatoms. The monoisotopic (exact) mass is 203 g/mol. The molecule has 78 valence electrons. The molecule has 1 aromatic heterocycles. The summed E-state index contributed by atoms with van der Waals surface area (Å²) in [6.45, 7) is 0.549. The van der Waals surface area contributed by atoms with Gasteiger partial charge in [0.15, 0.2) is 5.78 Å². The molecular formula is C12H13NO2. The number of para-hydroxylation sites is 1. The minimum absolute atomic E-state index is 0.0823. The Morgan fingerprint density at radius 2 is 2.13 bits per heavy atom. The quantitative estimate of drug-likeness (QED) is 0.759. The molecule has 0 aliphatic rings. The molecule has 0 aliphatic heterocycles. The lowest BCUT2D eigenvalue weighted by molar-refractivity contribution is -0.123. The van der Waals surface area contributed by atoms with Crippen LogP contribution in [0.3, 0.4) is 0 Å². The van der Waals surface area contributed by atoms with Crippen LogP contribution in [0.25, 0.3) is 10.9 Å². The van der Waals surface area contributed by atoms with Gasteiger partial charge >= 0.3 is 0 Å². The Balaban J connectivity index is 2.25. The van der Waals surface area contributed by atoms with Gasteiger partial charge in [0.2, 0.25) is 0 Å². The van der Waals surface area contributed by atoms with E-state index in [0.29, 0.717) is 6.54 Å². The third-order valence-corrected chi connectivity index (χ3v) is 2.33. The number of benzene rings is 1. The van der Waals surface area contributed by atoms with Gasteiger partial charge in [-0.1, -0.05) is 18.2 Å². The van der Waals surface area contributed by atoms with Crippen molar-refractivity contribution >= 4 is 16.7 Å². The highest BCUT2D eigenvalue weighted by Crippen LogP contribution is 2.14. The number of fused-ring (bicyclic) bond motifs is 1. The van der Waals surface area contributed by atoms with Crippen LogP contribution in [0.15, 0.2) is 36.5 Å². The number of nitrogens with zero attached hydrogens (tertiary/aromatic N) is 1. The van der Waals surface area contributed by atoms with Crippen molar-refractivity contribution in [1.29, 1.82) is 0 Å². The Kier molecular flexibility index (Phi) is 2.83. The fourth-order valence-electron chi connectivity index (χ4n) is 1.68. The van der Waals surface area contributed by atoms with Crippen LogP contribution in [0.4, 0.5) is 0 Å². The van der Waals surface area contributed by atoms with Gasteiger partial charge in [-0.15, -0.1) is 0 Å². The maximum atomic E-state index is 11.4. The molecular weight excluding hydrogens is 190 g/mol. The van der Waals surface area contributed by atoms with Crippen molar-refractivity contribution in [1.82, 2.24) is 4.57 Å². The third kappa shape index (κ3) is 2.07. The number of aromatic nitrogens is 1. The third-order valence-electron chi connectivity index (χ3n) is 2.33. The van der Waals surface area contributed by atoms with Gasteiger partial charge in [-0.2, -0.15) is 0 Å². The summed E-state index contributed by atoms with van der Waals surface area (Å²) in [4.78, 5) is 11.4. The number of ether oxygens (including phenoxy) is 1. The van der Waals surface area contributed by atoms with Gasteiger partial charge in [-0.3, -0.25) is 4.79 Å². The standard InChI is InChI=1S/C12H13NO2/c1-15-9-11(14)8-13-7-6-10-4-2-3-5-12(10)13/h2-7H,8-9H2,1H3. The maximum Gasteiger partial charge on any atom is 0.178 e. The van der Waals surface area contributed by atoms with Gasteiger partial charge < -0.3 is 9.30 Å². The number of hydrogen-bond acceptors (Lipinski definition) is 2. The zero-order chi connectivity index (χ0) is 10.7. The first-order chi connectivity index (χ1) is 7.31. The number of carbonyl (C=O) groups excluding carboxylic acids is 1. The highest BCUT2D eigenvalue weighted by Gasteiger charge is 2.04. The Bertz CT molecular complexity index is 473. The minimum Gasteiger partial charge on any atom is -0.377 e. The molecule has 0 saturated heterocycles. The number of ketones is 1. The lowest BCUT2D eigenvalue weighted by Crippen LogP contribution is -2.14. The van der Waals surface area contributed by atoms with E-state index in [1.807, 2.05) is 41.1 Å². The van der Waals surface area contributed by atoms with Crippen LogP contribution in [-0.4, -0.2) is 24.1 Å². The van der Waals surface area contributed by atoms with E-state index in [9.17, 15) is 4.79 Å². The van der Waals surface area contributed by atoms with E-state index in [0.717, 1.165) is 10.9 Å². The topological polar surface area (TPSA) is 31.2 Å². The zero-order valence-electron chi connectivity index (χ0n) is 8.64. The predicted molar refractivity (Wildman–Crippen MR) is 58.8 cm³/mol. The lowest BCUT2D eigenvalue weighted by atomic mass is 10.2. The second-order valence-corrected chi connectivity index (χ2v) is 3.47. The van der Waals surface area contributed by atoms with Crippen molar-refractivity contribution in [3.8, 4) is 0 Å². The molecule has 2 rings (SSSR count). The van der Waals surface area contributed by atoms with Gasteiger partial charge in [0.1, 0.15) is 6.61 Å². The summed E-state index contributed by atoms with van der Waals surface area (Å²) in [6.07, 6.45) is 1.93. The first kappa shape index (κ1) is 9.93. The Hall–Kier alpha value is -1.61. The molecule has 2 aromatic rings. The van der Waals surface area contributed by atoms with Crippen molar-refractivity contribution in [2.45, 2.75) is 6.54 Å². The molecule has 0 bridgehead atoms. The van der Waals surface area contributed by atoms with Crippen LogP contribution in [0.1, 0.15) is 0 Å². The number of carbonyl (C=O) groups is 1. The van der Waals surface area contributed by atoms with E-state index in [1.54, 1.807) is 0 Å². The molecule has 0 N–H and O–H groups in total. The maximum absolute atomic E-state index is 11.4. The van der Waals surface area contributed by atoms with Crippen molar-refractivity contribution in [3.63, 3.8) is 0 Å². The molecule has 0 fully saturated rings. The number of rotatable bonds is 4. The fraction of sp³-hybridized carbons (Fsp3) is 0.250. The molecule has 0 spiro atoms. The van der Waals surface area contributed by atoms with Gasteiger partial charge in [0.25, 0.3) is 0 Å². The van der Waals surface area contributed by atoms with Crippen molar-refractivity contribution < 1.29 is 9.53 Å². The molecule has 0 unspecified atom stereocenters. The molecule has 3 nitrogen and oxygen atoms in total. The average Bonchev–Trinajstić information content (AvgIpc) is 2.62. The second-order valence-electron chi connectivity index (χ2n) is 3.47. The van der Waals surface area contributed by atoms with E-state index in [2.05, 4.69) is 0 Å². The fourth-order valence-corrected chi connectivity index (χ4v) is 1.68. The summed E-state index contributed by atoms with van der Waals surface area (Å²) < 4.78 is 6.74. The number of Topliss-reactive ketones (excluding diaryl/α,β-unsaturated/α-hetero) is 1. The number of methoxy groups -OCH3 is 1. The van der Waals surface area contributed by atoms with E-state index in [1.165, 1.54) is 7.11 Å². The summed E-state index contributed by atoms with van der Waals surface area (Å²) in [5.41, 5.74) is 1.09. The van der Waals surface area contributed by atoms with Gasteiger partial charge in [-0.05, 0) is 17.5 Å². The van der Waals surface area contributed by atoms with Crippen LogP contribution in [0.5, 0.6) is 0 Å². The van der Waals surface area contributed by atoms with Crippen LogP contribution in [0.2, 0.25) is 0 Å². The summed E-state index contributed by atoms with van der Waals surface area (Å²) in [6, 6.07) is 10.0. The first-order valence-electron chi connectivity index (χ1n) is 4.86. The largest absolute Gasteiger partial charge is 0.377 e. The molecule has 0 atom stereocenters. The SMILES string of the molecule is COCC(=O)Cn1ccc2ccccc21. The number of hydrogen-bond donors (Lipinski definition) is 0. The van der Waals surface area contributed by atoms with Crippen molar-refractivity contribution in [3.05, 3.63) is 36.5 Å². The molecule has 1 aromatic carbocycles. The second kappa shape index (κ2) is 4.28. The van der Waals surface area contributed by atoms with Crippen molar-refractivity contribution in [2.75, 3.05) is 13.7 Å². The molecule has 0 amide bonds. The van der Waals surface area contributed by atoms with Crippen LogP contribution >= 0.6 is 0 Å².